The lowest BCUT2D eigenvalue weighted by Crippen LogP contribution is -2.43. The second-order valence-corrected chi connectivity index (χ2v) is 7.78. The molecule has 2 unspecified atom stereocenters. The quantitative estimate of drug-likeness (QED) is 0.484. The van der Waals surface area contributed by atoms with Crippen molar-refractivity contribution in [2.24, 2.45) is 5.92 Å². The summed E-state index contributed by atoms with van der Waals surface area (Å²) >= 11 is 5.94. The van der Waals surface area contributed by atoms with Crippen molar-refractivity contribution in [1.29, 1.82) is 0 Å². The van der Waals surface area contributed by atoms with Gasteiger partial charge in [-0.1, -0.05) is 74.7 Å². The summed E-state index contributed by atoms with van der Waals surface area (Å²) in [4.78, 5) is 12.9. The van der Waals surface area contributed by atoms with Gasteiger partial charge in [-0.05, 0) is 37.1 Å². The summed E-state index contributed by atoms with van der Waals surface area (Å²) in [6.45, 7) is 7.00. The predicted octanol–water partition coefficient (Wildman–Crippen LogP) is 6.24. The second kappa shape index (κ2) is 10.8. The topological polar surface area (TPSA) is 41.1 Å². The molecule has 0 saturated carbocycles. The van der Waals surface area contributed by atoms with Gasteiger partial charge < -0.3 is 10.6 Å². The first-order valence-corrected chi connectivity index (χ1v) is 10.5. The van der Waals surface area contributed by atoms with Gasteiger partial charge in [-0.25, -0.2) is 0 Å². The number of benzene rings is 2. The zero-order chi connectivity index (χ0) is 22.3. The molecular formula is C23H28ClF3N2O. The van der Waals surface area contributed by atoms with Gasteiger partial charge >= 0.3 is 6.18 Å². The van der Waals surface area contributed by atoms with Gasteiger partial charge in [-0.15, -0.1) is 0 Å². The van der Waals surface area contributed by atoms with E-state index in [2.05, 4.69) is 24.5 Å². The third kappa shape index (κ3) is 6.22. The molecule has 2 N–H and O–H groups in total. The molecule has 0 fully saturated rings. The van der Waals surface area contributed by atoms with Gasteiger partial charge in [0.05, 0.1) is 22.2 Å². The van der Waals surface area contributed by atoms with Crippen LogP contribution in [0.4, 0.5) is 13.2 Å². The zero-order valence-corrected chi connectivity index (χ0v) is 18.1. The highest BCUT2D eigenvalue weighted by molar-refractivity contribution is 6.34. The molecule has 0 bridgehead atoms. The number of amides is 1. The normalized spacial score (nSPS) is 13.9. The molecule has 0 aliphatic rings. The highest BCUT2D eigenvalue weighted by Crippen LogP contribution is 2.36. The van der Waals surface area contributed by atoms with Crippen LogP contribution in [0.15, 0.2) is 48.5 Å². The Morgan fingerprint density at radius 2 is 1.67 bits per heavy atom. The number of hydrogen-bond donors (Lipinski definition) is 2. The summed E-state index contributed by atoms with van der Waals surface area (Å²) in [5, 5.41) is 5.75. The predicted molar refractivity (Wildman–Crippen MR) is 115 cm³/mol. The Morgan fingerprint density at radius 1 is 1.03 bits per heavy atom. The van der Waals surface area contributed by atoms with Crippen molar-refractivity contribution >= 4 is 17.5 Å². The molecule has 2 rings (SSSR count). The molecule has 0 aromatic heterocycles. The smallest absolute Gasteiger partial charge is 0.344 e. The van der Waals surface area contributed by atoms with E-state index in [0.29, 0.717) is 5.92 Å². The monoisotopic (exact) mass is 440 g/mol. The maximum atomic E-state index is 13.2. The molecule has 0 aliphatic heterocycles. The zero-order valence-electron chi connectivity index (χ0n) is 17.4. The van der Waals surface area contributed by atoms with Crippen molar-refractivity contribution in [3.63, 3.8) is 0 Å². The van der Waals surface area contributed by atoms with E-state index in [0.717, 1.165) is 31.0 Å². The molecule has 1 amide bonds. The van der Waals surface area contributed by atoms with Crippen LogP contribution < -0.4 is 10.6 Å². The standard InChI is InChI=1S/C23H28ClF3N2O/c1-4-16(5-2)14-28-15(3)21(17-10-7-6-8-11-17)29-22(30)18-12-9-13-19(20(18)24)23(25,26)27/h6-13,15-16,21,28H,4-5,14H2,1-3H3,(H,29,30). The third-order valence-corrected chi connectivity index (χ3v) is 5.78. The summed E-state index contributed by atoms with van der Waals surface area (Å²) in [6, 6.07) is 12.1. The maximum Gasteiger partial charge on any atom is 0.417 e. The van der Waals surface area contributed by atoms with Gasteiger partial charge in [0.2, 0.25) is 0 Å². The molecule has 7 heteroatoms. The Balaban J connectivity index is 2.27. The van der Waals surface area contributed by atoms with Crippen molar-refractivity contribution in [3.8, 4) is 0 Å². The number of alkyl halides is 3. The van der Waals surface area contributed by atoms with Crippen LogP contribution in [-0.4, -0.2) is 18.5 Å². The van der Waals surface area contributed by atoms with E-state index >= 15 is 0 Å². The van der Waals surface area contributed by atoms with E-state index in [4.69, 9.17) is 11.6 Å². The first-order chi connectivity index (χ1) is 14.2. The van der Waals surface area contributed by atoms with E-state index in [1.54, 1.807) is 0 Å². The number of carbonyl (C=O) groups excluding carboxylic acids is 1. The highest BCUT2D eigenvalue weighted by Gasteiger charge is 2.35. The van der Waals surface area contributed by atoms with Crippen LogP contribution in [0.3, 0.4) is 0 Å². The Kier molecular flexibility index (Phi) is 8.74. The average Bonchev–Trinajstić information content (AvgIpc) is 2.72. The average molecular weight is 441 g/mol. The van der Waals surface area contributed by atoms with E-state index in [-0.39, 0.29) is 11.6 Å². The lowest BCUT2D eigenvalue weighted by Gasteiger charge is -2.28. The fourth-order valence-electron chi connectivity index (χ4n) is 3.35. The summed E-state index contributed by atoms with van der Waals surface area (Å²) in [5.41, 5.74) is -0.355. The first-order valence-electron chi connectivity index (χ1n) is 10.1. The molecule has 2 aromatic carbocycles. The summed E-state index contributed by atoms with van der Waals surface area (Å²) in [6.07, 6.45) is -2.55. The van der Waals surface area contributed by atoms with E-state index in [1.807, 2.05) is 37.3 Å². The van der Waals surface area contributed by atoms with E-state index in [9.17, 15) is 18.0 Å². The lowest BCUT2D eigenvalue weighted by molar-refractivity contribution is -0.137. The van der Waals surface area contributed by atoms with Crippen LogP contribution in [0, 0.1) is 5.92 Å². The minimum atomic E-state index is -4.63. The molecule has 30 heavy (non-hydrogen) atoms. The van der Waals surface area contributed by atoms with Crippen LogP contribution in [0.2, 0.25) is 5.02 Å². The van der Waals surface area contributed by atoms with Crippen molar-refractivity contribution in [1.82, 2.24) is 10.6 Å². The number of carbonyl (C=O) groups is 1. The maximum absolute atomic E-state index is 13.2. The van der Waals surface area contributed by atoms with Crippen LogP contribution in [0.25, 0.3) is 0 Å². The summed E-state index contributed by atoms with van der Waals surface area (Å²) in [7, 11) is 0. The van der Waals surface area contributed by atoms with Crippen LogP contribution >= 0.6 is 11.6 Å². The largest absolute Gasteiger partial charge is 0.417 e. The van der Waals surface area contributed by atoms with Crippen LogP contribution in [-0.2, 0) is 6.18 Å². The SMILES string of the molecule is CCC(CC)CNC(C)C(NC(=O)c1cccc(C(F)(F)F)c1Cl)c1ccccc1. The Labute approximate surface area is 181 Å². The number of rotatable bonds is 9. The summed E-state index contributed by atoms with van der Waals surface area (Å²) < 4.78 is 39.5. The first kappa shape index (κ1) is 24.2. The molecule has 0 spiro atoms. The second-order valence-electron chi connectivity index (χ2n) is 7.41. The van der Waals surface area contributed by atoms with Crippen molar-refractivity contribution in [2.75, 3.05) is 6.54 Å². The minimum Gasteiger partial charge on any atom is -0.344 e. The van der Waals surface area contributed by atoms with Gasteiger partial charge in [0.15, 0.2) is 0 Å². The summed E-state index contributed by atoms with van der Waals surface area (Å²) in [5.74, 6) is -0.131. The van der Waals surface area contributed by atoms with E-state index < -0.39 is 28.7 Å². The Morgan fingerprint density at radius 3 is 2.23 bits per heavy atom. The molecule has 0 radical (unpaired) electrons. The lowest BCUT2D eigenvalue weighted by atomic mass is 9.97. The van der Waals surface area contributed by atoms with Crippen molar-refractivity contribution in [3.05, 3.63) is 70.2 Å². The minimum absolute atomic E-state index is 0.137. The molecule has 0 heterocycles. The van der Waals surface area contributed by atoms with Crippen LogP contribution in [0.1, 0.15) is 61.1 Å². The molecular weight excluding hydrogens is 413 g/mol. The van der Waals surface area contributed by atoms with Crippen molar-refractivity contribution < 1.29 is 18.0 Å². The molecule has 0 aliphatic carbocycles. The Hall–Kier alpha value is -2.05. The van der Waals surface area contributed by atoms with Crippen molar-refractivity contribution in [2.45, 2.75) is 51.9 Å². The van der Waals surface area contributed by atoms with Gasteiger partial charge in [-0.3, -0.25) is 4.79 Å². The molecule has 0 saturated heterocycles. The Bertz CT molecular complexity index is 823. The van der Waals surface area contributed by atoms with Crippen LogP contribution in [0.5, 0.6) is 0 Å². The highest BCUT2D eigenvalue weighted by atomic mass is 35.5. The number of hydrogen-bond acceptors (Lipinski definition) is 2. The third-order valence-electron chi connectivity index (χ3n) is 5.38. The number of nitrogens with one attached hydrogen (secondary N) is 2. The fourth-order valence-corrected chi connectivity index (χ4v) is 3.67. The van der Waals surface area contributed by atoms with Gasteiger partial charge in [0.25, 0.3) is 5.91 Å². The molecule has 164 valence electrons. The van der Waals surface area contributed by atoms with Gasteiger partial charge in [0.1, 0.15) is 0 Å². The molecule has 3 nitrogen and oxygen atoms in total. The number of halogens is 4. The van der Waals surface area contributed by atoms with Gasteiger partial charge in [-0.2, -0.15) is 13.2 Å². The molecule has 2 aromatic rings. The fraction of sp³-hybridized carbons (Fsp3) is 0.435. The molecule has 2 atom stereocenters. The van der Waals surface area contributed by atoms with Gasteiger partial charge in [0, 0.05) is 6.04 Å². The van der Waals surface area contributed by atoms with E-state index in [1.165, 1.54) is 12.1 Å².